The molecule has 0 aliphatic carbocycles. The van der Waals surface area contributed by atoms with Gasteiger partial charge >= 0.3 is 16.4 Å². The molecule has 0 aliphatic heterocycles. The Labute approximate surface area is 101 Å². The molecule has 0 saturated heterocycles. The fourth-order valence-electron chi connectivity index (χ4n) is 1.05. The van der Waals surface area contributed by atoms with Crippen LogP contribution in [0.1, 0.15) is 26.2 Å². The Morgan fingerprint density at radius 3 is 2.38 bits per heavy atom. The van der Waals surface area contributed by atoms with Gasteiger partial charge in [-0.3, -0.25) is 0 Å². The first kappa shape index (κ1) is 15.5. The van der Waals surface area contributed by atoms with Crippen LogP contribution in [-0.2, 0) is 14.5 Å². The van der Waals surface area contributed by atoms with Gasteiger partial charge in [0.25, 0.3) is 0 Å². The fourth-order valence-corrected chi connectivity index (χ4v) is 1.47. The third-order valence-electron chi connectivity index (χ3n) is 1.79. The van der Waals surface area contributed by atoms with Crippen LogP contribution >= 0.6 is 11.6 Å². The molecule has 0 bridgehead atoms. The Morgan fingerprint density at radius 2 is 1.94 bits per heavy atom. The van der Waals surface area contributed by atoms with Crippen LogP contribution in [0.3, 0.4) is 0 Å². The van der Waals surface area contributed by atoms with Crippen molar-refractivity contribution in [3.63, 3.8) is 0 Å². The summed E-state index contributed by atoms with van der Waals surface area (Å²) < 4.78 is 25.2. The van der Waals surface area contributed by atoms with E-state index in [4.69, 9.17) is 11.6 Å². The lowest BCUT2D eigenvalue weighted by atomic mass is 10.3. The summed E-state index contributed by atoms with van der Waals surface area (Å²) in [5.74, 6) is 0.394. The molecule has 0 saturated carbocycles. The monoisotopic (exact) mass is 272 g/mol. The summed E-state index contributed by atoms with van der Waals surface area (Å²) in [5, 5.41) is 4.61. The van der Waals surface area contributed by atoms with E-state index in [1.54, 1.807) is 0 Å². The summed E-state index contributed by atoms with van der Waals surface area (Å²) in [5.41, 5.74) is 0. The molecular formula is C8H17ClN2O4S. The fraction of sp³-hybridized carbons (Fsp3) is 0.875. The molecular weight excluding hydrogens is 256 g/mol. The van der Waals surface area contributed by atoms with Gasteiger partial charge in [0.1, 0.15) is 0 Å². The summed E-state index contributed by atoms with van der Waals surface area (Å²) in [6.07, 6.45) is 1.29. The van der Waals surface area contributed by atoms with Gasteiger partial charge in [-0.1, -0.05) is 13.3 Å². The van der Waals surface area contributed by atoms with Crippen molar-refractivity contribution in [2.45, 2.75) is 26.2 Å². The van der Waals surface area contributed by atoms with E-state index < -0.39 is 16.4 Å². The van der Waals surface area contributed by atoms with E-state index in [0.29, 0.717) is 25.4 Å². The highest BCUT2D eigenvalue weighted by Crippen LogP contribution is 2.02. The molecule has 0 fully saturated rings. The average Bonchev–Trinajstić information content (AvgIpc) is 2.15. The summed E-state index contributed by atoms with van der Waals surface area (Å²) in [7, 11) is -4.24. The van der Waals surface area contributed by atoms with Crippen LogP contribution in [-0.4, -0.2) is 38.4 Å². The van der Waals surface area contributed by atoms with E-state index in [1.165, 1.54) is 4.90 Å². The van der Waals surface area contributed by atoms with E-state index in [1.807, 2.05) is 6.92 Å². The highest BCUT2D eigenvalue weighted by Gasteiger charge is 2.18. The first-order chi connectivity index (χ1) is 7.40. The third kappa shape index (κ3) is 7.72. The smallest absolute Gasteiger partial charge is 0.316 e. The van der Waals surface area contributed by atoms with Crippen LogP contribution in [0.2, 0.25) is 0 Å². The van der Waals surface area contributed by atoms with Crippen molar-refractivity contribution >= 4 is 28.0 Å². The number of rotatable bonds is 7. The van der Waals surface area contributed by atoms with Crippen LogP contribution in [0.15, 0.2) is 0 Å². The second-order valence-corrected chi connectivity index (χ2v) is 4.76. The molecule has 0 aliphatic rings. The molecule has 0 atom stereocenters. The molecule has 96 valence electrons. The van der Waals surface area contributed by atoms with E-state index in [0.717, 1.165) is 12.8 Å². The minimum atomic E-state index is -4.24. The minimum absolute atomic E-state index is 0.359. The maximum Gasteiger partial charge on any atom is 0.426 e. The number of nitrogens with zero attached hydrogens (tertiary/aromatic N) is 1. The van der Waals surface area contributed by atoms with Crippen molar-refractivity contribution in [2.24, 2.45) is 5.14 Å². The van der Waals surface area contributed by atoms with E-state index in [2.05, 4.69) is 9.32 Å². The number of hydrogen-bond donors (Lipinski definition) is 1. The van der Waals surface area contributed by atoms with Crippen LogP contribution in [0.4, 0.5) is 4.79 Å². The second-order valence-electron chi connectivity index (χ2n) is 3.23. The lowest BCUT2D eigenvalue weighted by molar-refractivity contribution is 0.154. The minimum Gasteiger partial charge on any atom is -0.316 e. The Kier molecular flexibility index (Phi) is 7.44. The van der Waals surface area contributed by atoms with Crippen molar-refractivity contribution in [2.75, 3.05) is 19.0 Å². The van der Waals surface area contributed by atoms with E-state index >= 15 is 0 Å². The van der Waals surface area contributed by atoms with Crippen LogP contribution in [0, 0.1) is 0 Å². The predicted octanol–water partition coefficient (Wildman–Crippen LogP) is 1.06. The molecule has 0 unspecified atom stereocenters. The maximum absolute atomic E-state index is 11.4. The van der Waals surface area contributed by atoms with Crippen molar-refractivity contribution in [1.82, 2.24) is 4.90 Å². The molecule has 1 amide bonds. The summed E-state index contributed by atoms with van der Waals surface area (Å²) in [4.78, 5) is 12.7. The second kappa shape index (κ2) is 7.70. The van der Waals surface area contributed by atoms with Crippen LogP contribution in [0.5, 0.6) is 0 Å². The third-order valence-corrected chi connectivity index (χ3v) is 2.43. The first-order valence-electron chi connectivity index (χ1n) is 4.97. The number of hydrogen-bond acceptors (Lipinski definition) is 4. The maximum atomic E-state index is 11.4. The lowest BCUT2D eigenvalue weighted by Gasteiger charge is -2.20. The number of amides is 1. The lowest BCUT2D eigenvalue weighted by Crippen LogP contribution is -2.36. The van der Waals surface area contributed by atoms with Gasteiger partial charge in [-0.2, -0.15) is 13.6 Å². The first-order valence-corrected chi connectivity index (χ1v) is 6.98. The molecule has 16 heavy (non-hydrogen) atoms. The quantitative estimate of drug-likeness (QED) is 0.702. The normalized spacial score (nSPS) is 11.2. The Morgan fingerprint density at radius 1 is 1.38 bits per heavy atom. The summed E-state index contributed by atoms with van der Waals surface area (Å²) in [6, 6.07) is 0. The molecule has 6 nitrogen and oxygen atoms in total. The zero-order chi connectivity index (χ0) is 12.6. The Hall–Kier alpha value is -0.530. The van der Waals surface area contributed by atoms with Gasteiger partial charge in [-0.25, -0.2) is 4.79 Å². The van der Waals surface area contributed by atoms with Gasteiger partial charge in [-0.05, 0) is 12.8 Å². The number of carbonyl (C=O) groups is 1. The highest BCUT2D eigenvalue weighted by molar-refractivity contribution is 7.84. The topological polar surface area (TPSA) is 89.7 Å². The molecule has 0 aromatic carbocycles. The van der Waals surface area contributed by atoms with Crippen molar-refractivity contribution in [3.8, 4) is 0 Å². The standard InChI is InChI=1S/C8H17ClN2O4S/c1-2-3-6-11(7-4-5-9)8(12)15-16(10,13)14/h2-7H2,1H3,(H2,10,13,14). The molecule has 0 radical (unpaired) electrons. The summed E-state index contributed by atoms with van der Waals surface area (Å²) in [6.45, 7) is 2.75. The molecule has 0 heterocycles. The summed E-state index contributed by atoms with van der Waals surface area (Å²) >= 11 is 5.50. The van der Waals surface area contributed by atoms with E-state index in [-0.39, 0.29) is 0 Å². The number of alkyl halides is 1. The Balaban J connectivity index is 4.30. The van der Waals surface area contributed by atoms with Crippen molar-refractivity contribution in [3.05, 3.63) is 0 Å². The van der Waals surface area contributed by atoms with Crippen molar-refractivity contribution in [1.29, 1.82) is 0 Å². The van der Waals surface area contributed by atoms with Gasteiger partial charge in [-0.15, -0.1) is 11.6 Å². The van der Waals surface area contributed by atoms with Gasteiger partial charge in [0.05, 0.1) is 0 Å². The average molecular weight is 273 g/mol. The molecule has 0 aromatic heterocycles. The number of halogens is 1. The largest absolute Gasteiger partial charge is 0.426 e. The van der Waals surface area contributed by atoms with Crippen LogP contribution < -0.4 is 5.14 Å². The zero-order valence-electron chi connectivity index (χ0n) is 9.19. The predicted molar refractivity (Wildman–Crippen MR) is 61.4 cm³/mol. The SMILES string of the molecule is CCCCN(CCCCl)C(=O)OS(N)(=O)=O. The van der Waals surface area contributed by atoms with Gasteiger partial charge < -0.3 is 9.08 Å². The molecule has 0 rings (SSSR count). The molecule has 8 heteroatoms. The highest BCUT2D eigenvalue weighted by atomic mass is 35.5. The molecule has 0 spiro atoms. The number of unbranched alkanes of at least 4 members (excludes halogenated alkanes) is 1. The molecule has 2 N–H and O–H groups in total. The van der Waals surface area contributed by atoms with Gasteiger partial charge in [0.2, 0.25) is 0 Å². The van der Waals surface area contributed by atoms with Gasteiger partial charge in [0, 0.05) is 19.0 Å². The molecule has 0 aromatic rings. The zero-order valence-corrected chi connectivity index (χ0v) is 10.8. The van der Waals surface area contributed by atoms with E-state index in [9.17, 15) is 13.2 Å². The Bertz CT molecular complexity index is 299. The van der Waals surface area contributed by atoms with Crippen molar-refractivity contribution < 1.29 is 17.4 Å². The number of nitrogens with two attached hydrogens (primary N) is 1. The van der Waals surface area contributed by atoms with Crippen LogP contribution in [0.25, 0.3) is 0 Å². The number of carbonyl (C=O) groups excluding carboxylic acids is 1. The van der Waals surface area contributed by atoms with Gasteiger partial charge in [0.15, 0.2) is 0 Å².